The summed E-state index contributed by atoms with van der Waals surface area (Å²) in [5.74, 6) is 1.21. The number of ether oxygens (including phenoxy) is 2. The lowest BCUT2D eigenvalue weighted by molar-refractivity contribution is 0.0507. The monoisotopic (exact) mass is 404 g/mol. The molecule has 1 aromatic carbocycles. The lowest BCUT2D eigenvalue weighted by Gasteiger charge is -2.24. The van der Waals surface area contributed by atoms with Crippen molar-refractivity contribution in [2.24, 2.45) is 10.9 Å². The average Bonchev–Trinajstić information content (AvgIpc) is 3.09. The summed E-state index contributed by atoms with van der Waals surface area (Å²) in [6.45, 7) is 11.4. The van der Waals surface area contributed by atoms with Crippen molar-refractivity contribution in [1.82, 2.24) is 15.5 Å². The van der Waals surface area contributed by atoms with Gasteiger partial charge in [0.05, 0.1) is 19.3 Å². The Morgan fingerprint density at radius 2 is 2.03 bits per heavy atom. The minimum Gasteiger partial charge on any atom is -0.444 e. The molecule has 1 saturated heterocycles. The van der Waals surface area contributed by atoms with Crippen molar-refractivity contribution in [3.8, 4) is 0 Å². The first-order valence-electron chi connectivity index (χ1n) is 10.3. The number of alkyl carbamates (subject to hydrolysis) is 1. The van der Waals surface area contributed by atoms with E-state index in [4.69, 9.17) is 9.47 Å². The van der Waals surface area contributed by atoms with Crippen LogP contribution in [0.4, 0.5) is 4.79 Å². The molecule has 1 aromatic rings. The van der Waals surface area contributed by atoms with E-state index in [2.05, 4.69) is 39.6 Å². The van der Waals surface area contributed by atoms with Crippen molar-refractivity contribution in [1.29, 1.82) is 0 Å². The summed E-state index contributed by atoms with van der Waals surface area (Å²) in [5.41, 5.74) is 0.697. The maximum Gasteiger partial charge on any atom is 0.407 e. The third kappa shape index (κ3) is 8.73. The molecule has 29 heavy (non-hydrogen) atoms. The van der Waals surface area contributed by atoms with Gasteiger partial charge < -0.3 is 25.0 Å². The van der Waals surface area contributed by atoms with Gasteiger partial charge in [0.25, 0.3) is 0 Å². The molecule has 7 heteroatoms. The number of rotatable bonds is 7. The zero-order valence-electron chi connectivity index (χ0n) is 18.4. The zero-order valence-corrected chi connectivity index (χ0v) is 18.4. The summed E-state index contributed by atoms with van der Waals surface area (Å²) in [4.78, 5) is 18.5. The van der Waals surface area contributed by atoms with Crippen LogP contribution in [0.25, 0.3) is 0 Å². The second-order valence-corrected chi connectivity index (χ2v) is 8.61. The second kappa shape index (κ2) is 11.0. The van der Waals surface area contributed by atoms with Gasteiger partial charge in [0, 0.05) is 26.7 Å². The van der Waals surface area contributed by atoms with Crippen LogP contribution in [0.3, 0.4) is 0 Å². The average molecular weight is 405 g/mol. The van der Waals surface area contributed by atoms with Crippen molar-refractivity contribution in [2.45, 2.75) is 52.4 Å². The molecule has 1 aliphatic heterocycles. The molecule has 2 N–H and O–H groups in total. The molecule has 1 amide bonds. The molecule has 2 atom stereocenters. The van der Waals surface area contributed by atoms with Gasteiger partial charge in [0.2, 0.25) is 0 Å². The number of aliphatic imine (C=N–C) groups is 1. The van der Waals surface area contributed by atoms with E-state index in [0.29, 0.717) is 19.1 Å². The Kier molecular flexibility index (Phi) is 8.76. The van der Waals surface area contributed by atoms with E-state index in [1.807, 2.05) is 39.0 Å². The van der Waals surface area contributed by atoms with E-state index < -0.39 is 5.60 Å². The van der Waals surface area contributed by atoms with Crippen molar-refractivity contribution in [2.75, 3.05) is 33.3 Å². The molecule has 0 aromatic heterocycles. The van der Waals surface area contributed by atoms with Gasteiger partial charge in [-0.05, 0) is 38.7 Å². The summed E-state index contributed by atoms with van der Waals surface area (Å²) < 4.78 is 11.2. The Hall–Kier alpha value is -2.28. The van der Waals surface area contributed by atoms with Crippen LogP contribution in [-0.2, 0) is 16.1 Å². The fourth-order valence-electron chi connectivity index (χ4n) is 3.15. The van der Waals surface area contributed by atoms with E-state index in [-0.39, 0.29) is 12.1 Å². The fourth-order valence-corrected chi connectivity index (χ4v) is 3.15. The first-order chi connectivity index (χ1) is 13.8. The van der Waals surface area contributed by atoms with Crippen LogP contribution < -0.4 is 10.6 Å². The molecule has 0 bridgehead atoms. The zero-order chi connectivity index (χ0) is 21.3. The SMILES string of the molecule is CN=C(NCC(C)COCc1ccccc1)N1CCC(NC(=O)OC(C)(C)C)C1. The van der Waals surface area contributed by atoms with Gasteiger partial charge in [-0.15, -0.1) is 0 Å². The molecule has 0 saturated carbocycles. The van der Waals surface area contributed by atoms with Crippen molar-refractivity contribution in [3.05, 3.63) is 35.9 Å². The van der Waals surface area contributed by atoms with E-state index in [9.17, 15) is 4.79 Å². The summed E-state index contributed by atoms with van der Waals surface area (Å²) in [6, 6.07) is 10.3. The number of amides is 1. The first kappa shape index (κ1) is 23.0. The Morgan fingerprint density at radius 1 is 1.31 bits per heavy atom. The number of benzene rings is 1. The molecule has 0 aliphatic carbocycles. The summed E-state index contributed by atoms with van der Waals surface area (Å²) in [6.07, 6.45) is 0.506. The van der Waals surface area contributed by atoms with Gasteiger partial charge >= 0.3 is 6.09 Å². The van der Waals surface area contributed by atoms with Crippen LogP contribution in [-0.4, -0.2) is 61.9 Å². The highest BCUT2D eigenvalue weighted by atomic mass is 16.6. The van der Waals surface area contributed by atoms with Crippen LogP contribution in [0.1, 0.15) is 39.7 Å². The minimum atomic E-state index is -0.487. The van der Waals surface area contributed by atoms with Crippen LogP contribution in [0, 0.1) is 5.92 Å². The normalized spacial score (nSPS) is 18.4. The van der Waals surface area contributed by atoms with Gasteiger partial charge in [-0.2, -0.15) is 0 Å². The third-order valence-corrected chi connectivity index (χ3v) is 4.54. The number of likely N-dealkylation sites (tertiary alicyclic amines) is 1. The van der Waals surface area contributed by atoms with Crippen LogP contribution in [0.15, 0.2) is 35.3 Å². The summed E-state index contributed by atoms with van der Waals surface area (Å²) in [5, 5.41) is 6.37. The molecular formula is C22H36N4O3. The maximum atomic E-state index is 12.0. The standard InChI is InChI=1S/C22H36N4O3/c1-17(15-28-16-18-9-7-6-8-10-18)13-24-20(23-5)26-12-11-19(14-26)25-21(27)29-22(2,3)4/h6-10,17,19H,11-16H2,1-5H3,(H,23,24)(H,25,27). The number of hydrogen-bond donors (Lipinski definition) is 2. The molecular weight excluding hydrogens is 368 g/mol. The summed E-state index contributed by atoms with van der Waals surface area (Å²) >= 11 is 0. The number of nitrogens with one attached hydrogen (secondary N) is 2. The van der Waals surface area contributed by atoms with E-state index >= 15 is 0 Å². The third-order valence-electron chi connectivity index (χ3n) is 4.54. The van der Waals surface area contributed by atoms with Gasteiger partial charge in [-0.3, -0.25) is 4.99 Å². The molecule has 162 valence electrons. The lowest BCUT2D eigenvalue weighted by atomic mass is 10.2. The maximum absolute atomic E-state index is 12.0. The van der Waals surface area contributed by atoms with Gasteiger partial charge in [-0.25, -0.2) is 4.79 Å². The highest BCUT2D eigenvalue weighted by Gasteiger charge is 2.27. The lowest BCUT2D eigenvalue weighted by Crippen LogP contribution is -2.45. The highest BCUT2D eigenvalue weighted by Crippen LogP contribution is 2.12. The smallest absolute Gasteiger partial charge is 0.407 e. The summed E-state index contributed by atoms with van der Waals surface area (Å²) in [7, 11) is 1.79. The number of carbonyl (C=O) groups excluding carboxylic acids is 1. The van der Waals surface area contributed by atoms with Gasteiger partial charge in [0.1, 0.15) is 5.60 Å². The van der Waals surface area contributed by atoms with E-state index in [1.54, 1.807) is 7.05 Å². The number of guanidine groups is 1. The molecule has 1 aliphatic rings. The highest BCUT2D eigenvalue weighted by molar-refractivity contribution is 5.80. The van der Waals surface area contributed by atoms with E-state index in [1.165, 1.54) is 5.56 Å². The number of hydrogen-bond acceptors (Lipinski definition) is 4. The molecule has 1 heterocycles. The van der Waals surface area contributed by atoms with Crippen LogP contribution >= 0.6 is 0 Å². The Morgan fingerprint density at radius 3 is 2.69 bits per heavy atom. The Balaban J connectivity index is 1.68. The molecule has 2 unspecified atom stereocenters. The van der Waals surface area contributed by atoms with Crippen molar-refractivity contribution >= 4 is 12.1 Å². The number of nitrogens with zero attached hydrogens (tertiary/aromatic N) is 2. The molecule has 0 spiro atoms. The molecule has 1 fully saturated rings. The van der Waals surface area contributed by atoms with Gasteiger partial charge in [0.15, 0.2) is 5.96 Å². The largest absolute Gasteiger partial charge is 0.444 e. The molecule has 2 rings (SSSR count). The predicted molar refractivity (Wildman–Crippen MR) is 116 cm³/mol. The van der Waals surface area contributed by atoms with Gasteiger partial charge in [-0.1, -0.05) is 37.3 Å². The topological polar surface area (TPSA) is 75.2 Å². The van der Waals surface area contributed by atoms with Crippen molar-refractivity contribution in [3.63, 3.8) is 0 Å². The van der Waals surface area contributed by atoms with Crippen molar-refractivity contribution < 1.29 is 14.3 Å². The van der Waals surface area contributed by atoms with Crippen LogP contribution in [0.5, 0.6) is 0 Å². The van der Waals surface area contributed by atoms with Crippen LogP contribution in [0.2, 0.25) is 0 Å². The predicted octanol–water partition coefficient (Wildman–Crippen LogP) is 3.01. The minimum absolute atomic E-state index is 0.0648. The molecule has 0 radical (unpaired) electrons. The second-order valence-electron chi connectivity index (χ2n) is 8.61. The Bertz CT molecular complexity index is 658. The quantitative estimate of drug-likeness (QED) is 0.540. The first-order valence-corrected chi connectivity index (χ1v) is 10.3. The number of carbonyl (C=O) groups is 1. The molecule has 7 nitrogen and oxygen atoms in total. The fraction of sp³-hybridized carbons (Fsp3) is 0.636. The Labute approximate surface area is 174 Å². The van der Waals surface area contributed by atoms with E-state index in [0.717, 1.165) is 32.0 Å².